The van der Waals surface area contributed by atoms with Gasteiger partial charge in [-0.3, -0.25) is 4.90 Å². The Balaban J connectivity index is 1.88. The summed E-state index contributed by atoms with van der Waals surface area (Å²) in [7, 11) is 0. The van der Waals surface area contributed by atoms with Gasteiger partial charge in [0.2, 0.25) is 0 Å². The van der Waals surface area contributed by atoms with Crippen molar-refractivity contribution >= 4 is 0 Å². The molecule has 1 aliphatic rings. The van der Waals surface area contributed by atoms with E-state index in [0.717, 1.165) is 51.1 Å². The zero-order valence-electron chi connectivity index (χ0n) is 14.0. The molecule has 2 N–H and O–H groups in total. The van der Waals surface area contributed by atoms with E-state index in [2.05, 4.69) is 25.7 Å². The van der Waals surface area contributed by atoms with Crippen molar-refractivity contribution in [2.24, 2.45) is 0 Å². The summed E-state index contributed by atoms with van der Waals surface area (Å²) in [5, 5.41) is 19.7. The number of morpholine rings is 1. The first kappa shape index (κ1) is 17.1. The van der Waals surface area contributed by atoms with Crippen molar-refractivity contribution in [2.45, 2.75) is 51.5 Å². The van der Waals surface area contributed by atoms with E-state index in [1.807, 2.05) is 0 Å². The highest BCUT2D eigenvalue weighted by Gasteiger charge is 2.25. The fraction of sp³-hybridized carbons (Fsp3) is 0.667. The smallest absolute Gasteiger partial charge is 0.119 e. The Labute approximate surface area is 133 Å². The molecule has 0 spiro atoms. The minimum atomic E-state index is -0.145. The molecule has 1 aromatic carbocycles. The van der Waals surface area contributed by atoms with Gasteiger partial charge in [0, 0.05) is 24.7 Å². The van der Waals surface area contributed by atoms with Crippen LogP contribution in [0.15, 0.2) is 18.2 Å². The highest BCUT2D eigenvalue weighted by atomic mass is 16.5. The van der Waals surface area contributed by atoms with Gasteiger partial charge in [-0.2, -0.15) is 0 Å². The van der Waals surface area contributed by atoms with E-state index >= 15 is 0 Å². The molecule has 4 nitrogen and oxygen atoms in total. The minimum Gasteiger partial charge on any atom is -0.508 e. The average molecular weight is 307 g/mol. The molecule has 1 aliphatic heterocycles. The molecule has 1 atom stereocenters. The van der Waals surface area contributed by atoms with E-state index in [9.17, 15) is 10.2 Å². The van der Waals surface area contributed by atoms with Crippen molar-refractivity contribution < 1.29 is 14.9 Å². The first-order chi connectivity index (χ1) is 10.4. The molecule has 124 valence electrons. The fourth-order valence-corrected chi connectivity index (χ4v) is 3.24. The lowest BCUT2D eigenvalue weighted by Crippen LogP contribution is -2.42. The quantitative estimate of drug-likeness (QED) is 0.792. The monoisotopic (exact) mass is 307 g/mol. The molecule has 0 aliphatic carbocycles. The van der Waals surface area contributed by atoms with E-state index in [0.29, 0.717) is 6.04 Å². The summed E-state index contributed by atoms with van der Waals surface area (Å²) < 4.78 is 5.40. The van der Waals surface area contributed by atoms with Gasteiger partial charge in [0.05, 0.1) is 13.2 Å². The SMILES string of the molecule is CC(CCCC(C)(C)c1cc(O)ccc1O)N1CCOCC1. The maximum absolute atomic E-state index is 10.0. The molecule has 1 saturated heterocycles. The average Bonchev–Trinajstić information content (AvgIpc) is 2.50. The molecular weight excluding hydrogens is 278 g/mol. The van der Waals surface area contributed by atoms with Crippen LogP contribution in [0.2, 0.25) is 0 Å². The number of aromatic hydroxyl groups is 2. The molecule has 22 heavy (non-hydrogen) atoms. The highest BCUT2D eigenvalue weighted by Crippen LogP contribution is 2.37. The Bertz CT molecular complexity index is 481. The summed E-state index contributed by atoms with van der Waals surface area (Å²) in [5.41, 5.74) is 0.680. The summed E-state index contributed by atoms with van der Waals surface area (Å²) in [6, 6.07) is 5.34. The topological polar surface area (TPSA) is 52.9 Å². The standard InChI is InChI=1S/C18H29NO3/c1-14(19-9-11-22-12-10-19)5-4-8-18(2,3)16-13-15(20)6-7-17(16)21/h6-7,13-14,20-21H,4-5,8-12H2,1-3H3. The van der Waals surface area contributed by atoms with Crippen LogP contribution in [0.25, 0.3) is 0 Å². The van der Waals surface area contributed by atoms with Gasteiger partial charge in [0.25, 0.3) is 0 Å². The molecular formula is C18H29NO3. The fourth-order valence-electron chi connectivity index (χ4n) is 3.24. The van der Waals surface area contributed by atoms with E-state index in [1.54, 1.807) is 12.1 Å². The van der Waals surface area contributed by atoms with Crippen LogP contribution in [0.5, 0.6) is 11.5 Å². The van der Waals surface area contributed by atoms with E-state index in [4.69, 9.17) is 4.74 Å². The molecule has 1 heterocycles. The van der Waals surface area contributed by atoms with Crippen molar-refractivity contribution in [1.82, 2.24) is 4.90 Å². The Hall–Kier alpha value is -1.26. The van der Waals surface area contributed by atoms with Gasteiger partial charge < -0.3 is 14.9 Å². The maximum atomic E-state index is 10.0. The normalized spacial score (nSPS) is 18.3. The number of benzene rings is 1. The largest absolute Gasteiger partial charge is 0.508 e. The molecule has 0 saturated carbocycles. The van der Waals surface area contributed by atoms with Gasteiger partial charge in [-0.1, -0.05) is 20.3 Å². The van der Waals surface area contributed by atoms with Crippen molar-refractivity contribution in [3.05, 3.63) is 23.8 Å². The van der Waals surface area contributed by atoms with Gasteiger partial charge in [-0.25, -0.2) is 0 Å². The number of phenols is 2. The van der Waals surface area contributed by atoms with E-state index in [-0.39, 0.29) is 16.9 Å². The van der Waals surface area contributed by atoms with Crippen molar-refractivity contribution in [3.63, 3.8) is 0 Å². The van der Waals surface area contributed by atoms with Crippen LogP contribution in [0.3, 0.4) is 0 Å². The van der Waals surface area contributed by atoms with Crippen LogP contribution >= 0.6 is 0 Å². The second-order valence-electron chi connectivity index (χ2n) is 6.97. The molecule has 0 radical (unpaired) electrons. The summed E-state index contributed by atoms with van der Waals surface area (Å²) in [4.78, 5) is 2.49. The highest BCUT2D eigenvalue weighted by molar-refractivity contribution is 5.42. The summed E-state index contributed by atoms with van der Waals surface area (Å²) in [6.45, 7) is 10.3. The van der Waals surface area contributed by atoms with Crippen LogP contribution in [0.1, 0.15) is 45.6 Å². The van der Waals surface area contributed by atoms with Crippen LogP contribution in [0, 0.1) is 0 Å². The van der Waals surface area contributed by atoms with Crippen molar-refractivity contribution in [3.8, 4) is 11.5 Å². The molecule has 0 bridgehead atoms. The zero-order valence-corrected chi connectivity index (χ0v) is 14.0. The molecule has 1 fully saturated rings. The minimum absolute atomic E-state index is 0.145. The van der Waals surface area contributed by atoms with Crippen molar-refractivity contribution in [1.29, 1.82) is 0 Å². The Morgan fingerprint density at radius 3 is 2.59 bits per heavy atom. The lowest BCUT2D eigenvalue weighted by Gasteiger charge is -2.33. The summed E-state index contributed by atoms with van der Waals surface area (Å²) >= 11 is 0. The number of phenolic OH excluding ortho intramolecular Hbond substituents is 2. The van der Waals surface area contributed by atoms with Gasteiger partial charge in [0.1, 0.15) is 11.5 Å². The molecule has 0 aromatic heterocycles. The molecule has 0 amide bonds. The predicted octanol–water partition coefficient (Wildman–Crippen LogP) is 3.27. The van der Waals surface area contributed by atoms with Crippen LogP contribution in [-0.4, -0.2) is 47.5 Å². The Morgan fingerprint density at radius 2 is 1.91 bits per heavy atom. The first-order valence-corrected chi connectivity index (χ1v) is 8.24. The second kappa shape index (κ2) is 7.34. The van der Waals surface area contributed by atoms with Crippen LogP contribution < -0.4 is 0 Å². The van der Waals surface area contributed by atoms with Crippen molar-refractivity contribution in [2.75, 3.05) is 26.3 Å². The lowest BCUT2D eigenvalue weighted by molar-refractivity contribution is 0.0179. The Morgan fingerprint density at radius 1 is 1.23 bits per heavy atom. The number of nitrogens with zero attached hydrogens (tertiary/aromatic N) is 1. The number of rotatable bonds is 6. The zero-order chi connectivity index (χ0) is 16.2. The van der Waals surface area contributed by atoms with Gasteiger partial charge in [-0.15, -0.1) is 0 Å². The number of hydrogen-bond acceptors (Lipinski definition) is 4. The van der Waals surface area contributed by atoms with E-state index < -0.39 is 0 Å². The Kier molecular flexibility index (Phi) is 5.70. The third kappa shape index (κ3) is 4.37. The molecule has 1 unspecified atom stereocenters. The third-order valence-electron chi connectivity index (χ3n) is 4.80. The first-order valence-electron chi connectivity index (χ1n) is 8.24. The molecule has 2 rings (SSSR count). The predicted molar refractivity (Wildman–Crippen MR) is 88.5 cm³/mol. The lowest BCUT2D eigenvalue weighted by atomic mass is 9.79. The summed E-state index contributed by atoms with van der Waals surface area (Å²) in [5.74, 6) is 0.478. The summed E-state index contributed by atoms with van der Waals surface area (Å²) in [6.07, 6.45) is 3.22. The number of hydrogen-bond donors (Lipinski definition) is 2. The van der Waals surface area contributed by atoms with Crippen LogP contribution in [-0.2, 0) is 10.2 Å². The molecule has 1 aromatic rings. The van der Waals surface area contributed by atoms with Gasteiger partial charge >= 0.3 is 0 Å². The molecule has 4 heteroatoms. The number of ether oxygens (including phenoxy) is 1. The van der Waals surface area contributed by atoms with E-state index in [1.165, 1.54) is 6.07 Å². The van der Waals surface area contributed by atoms with Gasteiger partial charge in [-0.05, 0) is 43.4 Å². The van der Waals surface area contributed by atoms with Crippen LogP contribution in [0.4, 0.5) is 0 Å². The maximum Gasteiger partial charge on any atom is 0.119 e. The third-order valence-corrected chi connectivity index (χ3v) is 4.80. The van der Waals surface area contributed by atoms with Gasteiger partial charge in [0.15, 0.2) is 0 Å². The second-order valence-corrected chi connectivity index (χ2v) is 6.97.